The Morgan fingerprint density at radius 2 is 1.82 bits per heavy atom. The first-order chi connectivity index (χ1) is 13.6. The molecule has 0 saturated carbocycles. The Balaban J connectivity index is 1.86. The number of nitrogens with one attached hydrogen (secondary N) is 1. The van der Waals surface area contributed by atoms with E-state index in [9.17, 15) is 10.1 Å². The number of hydrogen-bond donors (Lipinski definition) is 1. The summed E-state index contributed by atoms with van der Waals surface area (Å²) < 4.78 is 0. The van der Waals surface area contributed by atoms with Crippen molar-refractivity contribution in [2.75, 3.05) is 16.8 Å². The van der Waals surface area contributed by atoms with Crippen LogP contribution in [-0.2, 0) is 6.54 Å². The van der Waals surface area contributed by atoms with Gasteiger partial charge in [-0.1, -0.05) is 42.5 Å². The average molecular weight is 371 g/mol. The molecule has 1 heterocycles. The number of nitrogens with zero attached hydrogens (tertiary/aromatic N) is 4. The van der Waals surface area contributed by atoms with Crippen LogP contribution in [0.2, 0.25) is 0 Å². The predicted octanol–water partition coefficient (Wildman–Crippen LogP) is 3.94. The van der Waals surface area contributed by atoms with Crippen LogP contribution in [0.5, 0.6) is 0 Å². The molecule has 6 nitrogen and oxygen atoms in total. The van der Waals surface area contributed by atoms with Gasteiger partial charge in [0.1, 0.15) is 11.8 Å². The number of nitriles is 1. The van der Waals surface area contributed by atoms with E-state index >= 15 is 0 Å². The van der Waals surface area contributed by atoms with Crippen molar-refractivity contribution >= 4 is 17.5 Å². The minimum absolute atomic E-state index is 0.266. The third kappa shape index (κ3) is 4.51. The maximum atomic E-state index is 12.7. The van der Waals surface area contributed by atoms with Gasteiger partial charge >= 0.3 is 0 Å². The zero-order valence-corrected chi connectivity index (χ0v) is 15.9. The lowest BCUT2D eigenvalue weighted by Gasteiger charge is -2.21. The van der Waals surface area contributed by atoms with E-state index < -0.39 is 0 Å². The highest BCUT2D eigenvalue weighted by molar-refractivity contribution is 6.03. The van der Waals surface area contributed by atoms with Crippen LogP contribution in [0.1, 0.15) is 34.2 Å². The van der Waals surface area contributed by atoms with Crippen molar-refractivity contribution in [1.82, 2.24) is 9.97 Å². The third-order valence-electron chi connectivity index (χ3n) is 4.25. The molecule has 0 aliphatic carbocycles. The van der Waals surface area contributed by atoms with Crippen LogP contribution in [0, 0.1) is 18.3 Å². The fourth-order valence-electron chi connectivity index (χ4n) is 2.81. The molecule has 0 fully saturated rings. The molecule has 1 N–H and O–H groups in total. The lowest BCUT2D eigenvalue weighted by atomic mass is 10.2. The predicted molar refractivity (Wildman–Crippen MR) is 109 cm³/mol. The van der Waals surface area contributed by atoms with Crippen LogP contribution < -0.4 is 10.2 Å². The molecule has 6 heteroatoms. The van der Waals surface area contributed by atoms with Crippen LogP contribution in [-0.4, -0.2) is 22.4 Å². The Morgan fingerprint density at radius 3 is 2.54 bits per heavy atom. The Kier molecular flexibility index (Phi) is 5.97. The summed E-state index contributed by atoms with van der Waals surface area (Å²) in [5, 5.41) is 12.0. The fraction of sp³-hybridized carbons (Fsp3) is 0.182. The SMILES string of the molecule is CCN(Cc1ccccc1)c1nc(C)cc(C(=O)Nc2ccccc2C#N)n1. The number of amides is 1. The molecule has 3 aromatic rings. The van der Waals surface area contributed by atoms with E-state index in [-0.39, 0.29) is 11.6 Å². The molecule has 2 aromatic carbocycles. The Hall–Kier alpha value is -3.72. The number of aromatic nitrogens is 2. The van der Waals surface area contributed by atoms with E-state index in [0.29, 0.717) is 36.0 Å². The van der Waals surface area contributed by atoms with Crippen molar-refractivity contribution in [3.63, 3.8) is 0 Å². The number of aryl methyl sites for hydroxylation is 1. The Bertz CT molecular complexity index is 1010. The molecule has 0 aliphatic rings. The highest BCUT2D eigenvalue weighted by atomic mass is 16.1. The van der Waals surface area contributed by atoms with Crippen LogP contribution in [0.25, 0.3) is 0 Å². The molecular formula is C22H21N5O. The molecule has 3 rings (SSSR count). The summed E-state index contributed by atoms with van der Waals surface area (Å²) in [6, 6.07) is 20.6. The summed E-state index contributed by atoms with van der Waals surface area (Å²) >= 11 is 0. The largest absolute Gasteiger partial charge is 0.337 e. The van der Waals surface area contributed by atoms with E-state index in [1.807, 2.05) is 49.1 Å². The van der Waals surface area contributed by atoms with Gasteiger partial charge in [0.2, 0.25) is 5.95 Å². The van der Waals surface area contributed by atoms with Gasteiger partial charge in [0.15, 0.2) is 0 Å². The van der Waals surface area contributed by atoms with Gasteiger partial charge in [0.25, 0.3) is 5.91 Å². The molecular weight excluding hydrogens is 350 g/mol. The van der Waals surface area contributed by atoms with Gasteiger partial charge in [0.05, 0.1) is 11.3 Å². The standard InChI is InChI=1S/C22H21N5O/c1-3-27(15-17-9-5-4-6-10-17)22-24-16(2)13-20(26-22)21(28)25-19-12-8-7-11-18(19)14-23/h4-13H,3,15H2,1-2H3,(H,25,28). The summed E-state index contributed by atoms with van der Waals surface area (Å²) in [6.07, 6.45) is 0. The highest BCUT2D eigenvalue weighted by Gasteiger charge is 2.16. The lowest BCUT2D eigenvalue weighted by Crippen LogP contribution is -2.26. The van der Waals surface area contributed by atoms with E-state index in [4.69, 9.17) is 0 Å². The number of benzene rings is 2. The van der Waals surface area contributed by atoms with Crippen molar-refractivity contribution in [2.45, 2.75) is 20.4 Å². The number of carbonyl (C=O) groups is 1. The van der Waals surface area contributed by atoms with Gasteiger partial charge in [-0.3, -0.25) is 4.79 Å². The minimum Gasteiger partial charge on any atom is -0.337 e. The smallest absolute Gasteiger partial charge is 0.274 e. The zero-order chi connectivity index (χ0) is 19.9. The van der Waals surface area contributed by atoms with Crippen LogP contribution >= 0.6 is 0 Å². The summed E-state index contributed by atoms with van der Waals surface area (Å²) in [6.45, 7) is 5.22. The molecule has 28 heavy (non-hydrogen) atoms. The second-order valence-electron chi connectivity index (χ2n) is 6.31. The third-order valence-corrected chi connectivity index (χ3v) is 4.25. The molecule has 0 spiro atoms. The Morgan fingerprint density at radius 1 is 1.11 bits per heavy atom. The second-order valence-corrected chi connectivity index (χ2v) is 6.31. The molecule has 0 aliphatic heterocycles. The van der Waals surface area contributed by atoms with E-state index in [0.717, 1.165) is 5.56 Å². The van der Waals surface area contributed by atoms with Crippen LogP contribution in [0.4, 0.5) is 11.6 Å². The van der Waals surface area contributed by atoms with Gasteiger partial charge in [0, 0.05) is 18.8 Å². The van der Waals surface area contributed by atoms with Crippen molar-refractivity contribution in [2.24, 2.45) is 0 Å². The molecule has 140 valence electrons. The molecule has 1 amide bonds. The van der Waals surface area contributed by atoms with Gasteiger partial charge in [-0.05, 0) is 37.6 Å². The first-order valence-corrected chi connectivity index (χ1v) is 9.05. The second kappa shape index (κ2) is 8.78. The first kappa shape index (κ1) is 19.1. The molecule has 1 aromatic heterocycles. The first-order valence-electron chi connectivity index (χ1n) is 9.05. The van der Waals surface area contributed by atoms with Crippen molar-refractivity contribution in [1.29, 1.82) is 5.26 Å². The fourth-order valence-corrected chi connectivity index (χ4v) is 2.81. The average Bonchev–Trinajstić information content (AvgIpc) is 2.72. The normalized spacial score (nSPS) is 10.2. The van der Waals surface area contributed by atoms with Crippen LogP contribution in [0.3, 0.4) is 0 Å². The van der Waals surface area contributed by atoms with Crippen LogP contribution in [0.15, 0.2) is 60.7 Å². The Labute approximate surface area is 164 Å². The number of para-hydroxylation sites is 1. The maximum absolute atomic E-state index is 12.7. The monoisotopic (exact) mass is 371 g/mol. The van der Waals surface area contributed by atoms with Gasteiger partial charge < -0.3 is 10.2 Å². The van der Waals surface area contributed by atoms with E-state index in [1.54, 1.807) is 30.3 Å². The molecule has 0 radical (unpaired) electrons. The summed E-state index contributed by atoms with van der Waals surface area (Å²) in [4.78, 5) is 23.7. The topological polar surface area (TPSA) is 81.9 Å². The maximum Gasteiger partial charge on any atom is 0.274 e. The van der Waals surface area contributed by atoms with E-state index in [1.165, 1.54) is 0 Å². The summed E-state index contributed by atoms with van der Waals surface area (Å²) in [5.41, 5.74) is 2.98. The lowest BCUT2D eigenvalue weighted by molar-refractivity contribution is 0.102. The van der Waals surface area contributed by atoms with Crippen molar-refractivity contribution in [3.8, 4) is 6.07 Å². The van der Waals surface area contributed by atoms with Gasteiger partial charge in [-0.25, -0.2) is 9.97 Å². The van der Waals surface area contributed by atoms with Gasteiger partial charge in [-0.15, -0.1) is 0 Å². The zero-order valence-electron chi connectivity index (χ0n) is 15.9. The molecule has 0 saturated heterocycles. The van der Waals surface area contributed by atoms with Gasteiger partial charge in [-0.2, -0.15) is 5.26 Å². The number of rotatable bonds is 6. The molecule has 0 bridgehead atoms. The van der Waals surface area contributed by atoms with Crippen molar-refractivity contribution < 1.29 is 4.79 Å². The molecule has 0 atom stereocenters. The summed E-state index contributed by atoms with van der Waals surface area (Å²) in [5.74, 6) is 0.135. The minimum atomic E-state index is -0.370. The quantitative estimate of drug-likeness (QED) is 0.710. The van der Waals surface area contributed by atoms with Crippen molar-refractivity contribution in [3.05, 3.63) is 83.2 Å². The number of hydrogen-bond acceptors (Lipinski definition) is 5. The van der Waals surface area contributed by atoms with E-state index in [2.05, 4.69) is 21.4 Å². The molecule has 0 unspecified atom stereocenters. The number of anilines is 2. The number of carbonyl (C=O) groups excluding carboxylic acids is 1. The summed E-state index contributed by atoms with van der Waals surface area (Å²) in [7, 11) is 0. The highest BCUT2D eigenvalue weighted by Crippen LogP contribution is 2.17.